The number of rotatable bonds is 4. The molecule has 1 atom stereocenters. The van der Waals surface area contributed by atoms with Crippen LogP contribution in [0.25, 0.3) is 0 Å². The lowest BCUT2D eigenvalue weighted by atomic mass is 10.1. The average Bonchev–Trinajstić information content (AvgIpc) is 2.38. The Hall–Kier alpha value is -1.32. The van der Waals surface area contributed by atoms with Gasteiger partial charge in [-0.25, -0.2) is 4.39 Å². The van der Waals surface area contributed by atoms with Gasteiger partial charge in [0.1, 0.15) is 5.82 Å². The Labute approximate surface area is 111 Å². The summed E-state index contributed by atoms with van der Waals surface area (Å²) < 4.78 is 13.4. The van der Waals surface area contributed by atoms with Gasteiger partial charge in [0.2, 0.25) is 0 Å². The van der Waals surface area contributed by atoms with E-state index in [0.29, 0.717) is 11.3 Å². The zero-order chi connectivity index (χ0) is 13.0. The van der Waals surface area contributed by atoms with Gasteiger partial charge in [0, 0.05) is 10.6 Å². The topological polar surface area (TPSA) is 20.2 Å². The molecule has 0 heterocycles. The summed E-state index contributed by atoms with van der Waals surface area (Å²) in [7, 11) is 0. The van der Waals surface area contributed by atoms with Gasteiger partial charge < -0.3 is 5.11 Å². The summed E-state index contributed by atoms with van der Waals surface area (Å²) in [5.74, 6) is 0.423. The van der Waals surface area contributed by atoms with Crippen molar-refractivity contribution in [2.45, 2.75) is 23.7 Å². The van der Waals surface area contributed by atoms with Crippen LogP contribution in [-0.4, -0.2) is 5.11 Å². The Morgan fingerprint density at radius 1 is 1.17 bits per heavy atom. The van der Waals surface area contributed by atoms with Crippen molar-refractivity contribution < 1.29 is 9.50 Å². The van der Waals surface area contributed by atoms with Gasteiger partial charge in [-0.2, -0.15) is 0 Å². The molecule has 0 saturated heterocycles. The van der Waals surface area contributed by atoms with Crippen molar-refractivity contribution in [2.24, 2.45) is 0 Å². The van der Waals surface area contributed by atoms with Gasteiger partial charge in [0.05, 0.1) is 6.10 Å². The molecule has 0 bridgehead atoms. The van der Waals surface area contributed by atoms with Crippen molar-refractivity contribution in [2.75, 3.05) is 0 Å². The molecule has 0 saturated carbocycles. The number of hydrogen-bond donors (Lipinski definition) is 1. The van der Waals surface area contributed by atoms with Crippen LogP contribution in [0.2, 0.25) is 0 Å². The second-order valence-corrected chi connectivity index (χ2v) is 5.18. The SMILES string of the molecule is CC(O)c1cccc(SCc2ccccc2F)c1. The van der Waals surface area contributed by atoms with Gasteiger partial charge >= 0.3 is 0 Å². The lowest BCUT2D eigenvalue weighted by Crippen LogP contribution is -1.91. The first kappa shape index (κ1) is 13.1. The Balaban J connectivity index is 2.07. The molecule has 0 amide bonds. The van der Waals surface area contributed by atoms with Gasteiger partial charge in [0.15, 0.2) is 0 Å². The fraction of sp³-hybridized carbons (Fsp3) is 0.200. The van der Waals surface area contributed by atoms with Crippen molar-refractivity contribution in [3.63, 3.8) is 0 Å². The smallest absolute Gasteiger partial charge is 0.127 e. The summed E-state index contributed by atoms with van der Waals surface area (Å²) in [6.07, 6.45) is -0.473. The molecule has 1 unspecified atom stereocenters. The largest absolute Gasteiger partial charge is 0.389 e. The number of aliphatic hydroxyl groups excluding tert-OH is 1. The molecule has 0 aromatic heterocycles. The van der Waals surface area contributed by atoms with Gasteiger partial charge in [-0.15, -0.1) is 11.8 Å². The first-order chi connectivity index (χ1) is 8.66. The van der Waals surface area contributed by atoms with Crippen LogP contribution >= 0.6 is 11.8 Å². The molecule has 1 nitrogen and oxygen atoms in total. The van der Waals surface area contributed by atoms with Crippen LogP contribution in [0.3, 0.4) is 0 Å². The van der Waals surface area contributed by atoms with E-state index in [-0.39, 0.29) is 5.82 Å². The minimum atomic E-state index is -0.473. The number of thioether (sulfide) groups is 1. The van der Waals surface area contributed by atoms with E-state index in [4.69, 9.17) is 0 Å². The zero-order valence-electron chi connectivity index (χ0n) is 10.1. The standard InChI is InChI=1S/C15H15FOS/c1-11(17)12-6-4-7-14(9-12)18-10-13-5-2-3-8-15(13)16/h2-9,11,17H,10H2,1H3. The fourth-order valence-electron chi connectivity index (χ4n) is 1.64. The Morgan fingerprint density at radius 3 is 2.67 bits per heavy atom. The molecule has 2 rings (SSSR count). The molecule has 0 fully saturated rings. The van der Waals surface area contributed by atoms with Crippen molar-refractivity contribution in [1.82, 2.24) is 0 Å². The van der Waals surface area contributed by atoms with E-state index in [9.17, 15) is 9.50 Å². The number of benzene rings is 2. The molecule has 0 aliphatic heterocycles. The summed E-state index contributed by atoms with van der Waals surface area (Å²) in [6.45, 7) is 1.74. The quantitative estimate of drug-likeness (QED) is 0.834. The van der Waals surface area contributed by atoms with E-state index in [1.54, 1.807) is 30.8 Å². The van der Waals surface area contributed by atoms with Crippen molar-refractivity contribution >= 4 is 11.8 Å². The van der Waals surface area contributed by atoms with Crippen molar-refractivity contribution in [3.8, 4) is 0 Å². The first-order valence-electron chi connectivity index (χ1n) is 5.81. The minimum absolute atomic E-state index is 0.170. The zero-order valence-corrected chi connectivity index (χ0v) is 11.0. The molecule has 0 aliphatic rings. The molecule has 18 heavy (non-hydrogen) atoms. The third-order valence-corrected chi connectivity index (χ3v) is 3.74. The van der Waals surface area contributed by atoms with E-state index in [0.717, 1.165) is 10.5 Å². The third-order valence-electron chi connectivity index (χ3n) is 2.69. The minimum Gasteiger partial charge on any atom is -0.389 e. The Kier molecular flexibility index (Phi) is 4.39. The summed E-state index contributed by atoms with van der Waals surface area (Å²) >= 11 is 1.57. The maximum atomic E-state index is 13.4. The Bertz CT molecular complexity index is 525. The highest BCUT2D eigenvalue weighted by Gasteiger charge is 2.04. The van der Waals surface area contributed by atoms with Gasteiger partial charge in [-0.05, 0) is 36.2 Å². The van der Waals surface area contributed by atoms with Gasteiger partial charge in [-0.3, -0.25) is 0 Å². The van der Waals surface area contributed by atoms with Crippen LogP contribution in [0.5, 0.6) is 0 Å². The highest BCUT2D eigenvalue weighted by atomic mass is 32.2. The molecule has 0 radical (unpaired) electrons. The molecule has 2 aromatic rings. The number of aliphatic hydroxyl groups is 1. The fourth-order valence-corrected chi connectivity index (χ4v) is 2.59. The van der Waals surface area contributed by atoms with Crippen LogP contribution < -0.4 is 0 Å². The van der Waals surface area contributed by atoms with Crippen molar-refractivity contribution in [3.05, 3.63) is 65.5 Å². The van der Waals surface area contributed by atoms with Crippen LogP contribution in [0.15, 0.2) is 53.4 Å². The second kappa shape index (κ2) is 6.03. The highest BCUT2D eigenvalue weighted by molar-refractivity contribution is 7.98. The van der Waals surface area contributed by atoms with Crippen LogP contribution in [0, 0.1) is 5.82 Å². The molecule has 94 valence electrons. The van der Waals surface area contributed by atoms with E-state index >= 15 is 0 Å². The molecule has 2 aromatic carbocycles. The average molecular weight is 262 g/mol. The highest BCUT2D eigenvalue weighted by Crippen LogP contribution is 2.26. The lowest BCUT2D eigenvalue weighted by molar-refractivity contribution is 0.199. The number of halogens is 1. The molecule has 0 aliphatic carbocycles. The van der Waals surface area contributed by atoms with E-state index in [2.05, 4.69) is 0 Å². The molecular weight excluding hydrogens is 247 g/mol. The summed E-state index contributed by atoms with van der Waals surface area (Å²) in [4.78, 5) is 1.04. The lowest BCUT2D eigenvalue weighted by Gasteiger charge is -2.07. The summed E-state index contributed by atoms with van der Waals surface area (Å²) in [5, 5.41) is 9.51. The Morgan fingerprint density at radius 2 is 1.94 bits per heavy atom. The predicted octanol–water partition coefficient (Wildman–Crippen LogP) is 4.17. The summed E-state index contributed by atoms with van der Waals surface area (Å²) in [6, 6.07) is 14.5. The maximum absolute atomic E-state index is 13.4. The molecule has 1 N–H and O–H groups in total. The van der Waals surface area contributed by atoms with Crippen LogP contribution in [0.1, 0.15) is 24.2 Å². The van der Waals surface area contributed by atoms with Gasteiger partial charge in [-0.1, -0.05) is 30.3 Å². The van der Waals surface area contributed by atoms with Crippen LogP contribution in [0.4, 0.5) is 4.39 Å². The molecular formula is C15H15FOS. The van der Waals surface area contributed by atoms with E-state index in [1.807, 2.05) is 30.3 Å². The first-order valence-corrected chi connectivity index (χ1v) is 6.79. The second-order valence-electron chi connectivity index (χ2n) is 4.13. The van der Waals surface area contributed by atoms with Crippen molar-refractivity contribution in [1.29, 1.82) is 0 Å². The maximum Gasteiger partial charge on any atom is 0.127 e. The van der Waals surface area contributed by atoms with E-state index in [1.165, 1.54) is 6.07 Å². The summed E-state index contributed by atoms with van der Waals surface area (Å²) in [5.41, 5.74) is 1.58. The number of hydrogen-bond acceptors (Lipinski definition) is 2. The third kappa shape index (κ3) is 3.34. The normalized spacial score (nSPS) is 12.4. The van der Waals surface area contributed by atoms with E-state index < -0.39 is 6.10 Å². The molecule has 3 heteroatoms. The molecule has 0 spiro atoms. The van der Waals surface area contributed by atoms with Gasteiger partial charge in [0.25, 0.3) is 0 Å². The predicted molar refractivity (Wildman–Crippen MR) is 73.0 cm³/mol. The monoisotopic (exact) mass is 262 g/mol. The van der Waals surface area contributed by atoms with Crippen LogP contribution in [-0.2, 0) is 5.75 Å².